The van der Waals surface area contributed by atoms with Gasteiger partial charge in [-0.3, -0.25) is 0 Å². The molecule has 5 heteroatoms. The SMILES string of the molecule is CCCc1ccc(-c2ccc(CCC3CCC(c4ccc(OCC)c(F)c4F)CC3)c(F)c2F)cc1. The highest BCUT2D eigenvalue weighted by molar-refractivity contribution is 5.65. The average Bonchev–Trinajstić information content (AvgIpc) is 2.89. The van der Waals surface area contributed by atoms with Crippen molar-refractivity contribution in [2.24, 2.45) is 5.92 Å². The number of halogens is 4. The minimum atomic E-state index is -0.922. The summed E-state index contributed by atoms with van der Waals surface area (Å²) < 4.78 is 63.8. The van der Waals surface area contributed by atoms with Crippen LogP contribution in [0.25, 0.3) is 11.1 Å². The van der Waals surface area contributed by atoms with Crippen LogP contribution < -0.4 is 4.74 Å². The fourth-order valence-corrected chi connectivity index (χ4v) is 5.40. The van der Waals surface area contributed by atoms with Crippen molar-refractivity contribution >= 4 is 0 Å². The fourth-order valence-electron chi connectivity index (χ4n) is 5.40. The molecule has 0 N–H and O–H groups in total. The van der Waals surface area contributed by atoms with Gasteiger partial charge in [-0.15, -0.1) is 0 Å². The summed E-state index contributed by atoms with van der Waals surface area (Å²) in [6, 6.07) is 14.1. The monoisotopic (exact) mass is 498 g/mol. The summed E-state index contributed by atoms with van der Waals surface area (Å²) in [5, 5.41) is 0. The minimum Gasteiger partial charge on any atom is -0.491 e. The Hall–Kier alpha value is -2.82. The van der Waals surface area contributed by atoms with E-state index >= 15 is 0 Å². The Morgan fingerprint density at radius 1 is 0.722 bits per heavy atom. The van der Waals surface area contributed by atoms with E-state index in [0.717, 1.165) is 44.9 Å². The zero-order valence-electron chi connectivity index (χ0n) is 21.1. The zero-order chi connectivity index (χ0) is 25.7. The van der Waals surface area contributed by atoms with Gasteiger partial charge >= 0.3 is 0 Å². The number of hydrogen-bond acceptors (Lipinski definition) is 1. The molecule has 36 heavy (non-hydrogen) atoms. The third-order valence-corrected chi connectivity index (χ3v) is 7.45. The van der Waals surface area contributed by atoms with Gasteiger partial charge < -0.3 is 4.74 Å². The van der Waals surface area contributed by atoms with Crippen molar-refractivity contribution in [1.29, 1.82) is 0 Å². The van der Waals surface area contributed by atoms with Crippen molar-refractivity contribution in [3.8, 4) is 16.9 Å². The summed E-state index contributed by atoms with van der Waals surface area (Å²) in [5.74, 6) is -3.05. The smallest absolute Gasteiger partial charge is 0.200 e. The molecule has 4 rings (SSSR count). The van der Waals surface area contributed by atoms with Gasteiger partial charge in [0.15, 0.2) is 23.2 Å². The number of hydrogen-bond donors (Lipinski definition) is 0. The van der Waals surface area contributed by atoms with Crippen LogP contribution in [0.5, 0.6) is 5.75 Å². The molecule has 192 valence electrons. The average molecular weight is 499 g/mol. The Morgan fingerprint density at radius 3 is 2.11 bits per heavy atom. The predicted octanol–water partition coefficient (Wildman–Crippen LogP) is 9.17. The number of benzene rings is 3. The lowest BCUT2D eigenvalue weighted by atomic mass is 9.76. The Kier molecular flexibility index (Phi) is 8.71. The fraction of sp³-hybridized carbons (Fsp3) is 0.419. The summed E-state index contributed by atoms with van der Waals surface area (Å²) in [5.41, 5.74) is 2.93. The minimum absolute atomic E-state index is 0.0383. The number of aryl methyl sites for hydroxylation is 2. The van der Waals surface area contributed by atoms with Crippen LogP contribution in [0, 0.1) is 29.2 Å². The molecule has 1 saturated carbocycles. The molecular formula is C31H34F4O. The first-order valence-corrected chi connectivity index (χ1v) is 13.1. The third kappa shape index (κ3) is 5.77. The van der Waals surface area contributed by atoms with Crippen molar-refractivity contribution < 1.29 is 22.3 Å². The molecule has 0 atom stereocenters. The quantitative estimate of drug-likeness (QED) is 0.267. The van der Waals surface area contributed by atoms with E-state index in [4.69, 9.17) is 4.74 Å². The van der Waals surface area contributed by atoms with Crippen molar-refractivity contribution in [2.75, 3.05) is 6.61 Å². The van der Waals surface area contributed by atoms with Gasteiger partial charge in [0.25, 0.3) is 0 Å². The molecule has 0 aliphatic heterocycles. The molecule has 0 spiro atoms. The summed E-state index contributed by atoms with van der Waals surface area (Å²) in [6.45, 7) is 4.11. The lowest BCUT2D eigenvalue weighted by molar-refractivity contribution is 0.296. The summed E-state index contributed by atoms with van der Waals surface area (Å²) in [7, 11) is 0. The maximum Gasteiger partial charge on any atom is 0.200 e. The van der Waals surface area contributed by atoms with Crippen LogP contribution in [-0.2, 0) is 12.8 Å². The Labute approximate surface area is 211 Å². The van der Waals surface area contributed by atoms with Crippen molar-refractivity contribution in [2.45, 2.75) is 71.1 Å². The van der Waals surface area contributed by atoms with E-state index < -0.39 is 23.3 Å². The topological polar surface area (TPSA) is 9.23 Å². The summed E-state index contributed by atoms with van der Waals surface area (Å²) >= 11 is 0. The third-order valence-electron chi connectivity index (χ3n) is 7.45. The van der Waals surface area contributed by atoms with E-state index in [0.29, 0.717) is 29.0 Å². The van der Waals surface area contributed by atoms with Crippen LogP contribution >= 0.6 is 0 Å². The summed E-state index contributed by atoms with van der Waals surface area (Å²) in [4.78, 5) is 0. The van der Waals surface area contributed by atoms with Gasteiger partial charge in [0.1, 0.15) is 0 Å². The molecule has 0 unspecified atom stereocenters. The highest BCUT2D eigenvalue weighted by Gasteiger charge is 2.27. The van der Waals surface area contributed by atoms with Crippen molar-refractivity contribution in [1.82, 2.24) is 0 Å². The van der Waals surface area contributed by atoms with Crippen LogP contribution in [0.15, 0.2) is 48.5 Å². The summed E-state index contributed by atoms with van der Waals surface area (Å²) in [6.07, 6.45) is 6.40. The first kappa shape index (κ1) is 26.2. The van der Waals surface area contributed by atoms with Gasteiger partial charge in [-0.2, -0.15) is 4.39 Å². The molecule has 1 aliphatic carbocycles. The van der Waals surface area contributed by atoms with Crippen LogP contribution in [0.2, 0.25) is 0 Å². The molecule has 0 radical (unpaired) electrons. The van der Waals surface area contributed by atoms with Crippen LogP contribution in [0.1, 0.15) is 75.0 Å². The van der Waals surface area contributed by atoms with Crippen molar-refractivity contribution in [3.05, 3.63) is 88.5 Å². The Balaban J connectivity index is 1.35. The van der Waals surface area contributed by atoms with E-state index in [1.807, 2.05) is 24.3 Å². The van der Waals surface area contributed by atoms with E-state index in [-0.39, 0.29) is 23.8 Å². The standard InChI is InChI=1S/C31H34F4O/c1-3-5-20-6-11-22(12-7-20)25-17-16-24(28(32)29(25)33)15-10-21-8-13-23(14-9-21)26-18-19-27(36-4-2)31(35)30(26)34/h6-7,11-12,16-19,21,23H,3-5,8-10,13-15H2,1-2H3. The highest BCUT2D eigenvalue weighted by Crippen LogP contribution is 2.40. The molecule has 0 saturated heterocycles. The lowest BCUT2D eigenvalue weighted by Crippen LogP contribution is -2.16. The van der Waals surface area contributed by atoms with Crippen LogP contribution in [-0.4, -0.2) is 6.61 Å². The molecule has 0 aromatic heterocycles. The second-order valence-corrected chi connectivity index (χ2v) is 9.82. The molecule has 0 heterocycles. The number of ether oxygens (including phenoxy) is 1. The maximum absolute atomic E-state index is 14.9. The van der Waals surface area contributed by atoms with Gasteiger partial charge in [-0.25, -0.2) is 13.2 Å². The van der Waals surface area contributed by atoms with E-state index in [2.05, 4.69) is 6.92 Å². The Bertz CT molecular complexity index is 1160. The lowest BCUT2D eigenvalue weighted by Gasteiger charge is -2.29. The van der Waals surface area contributed by atoms with Gasteiger partial charge in [0, 0.05) is 5.56 Å². The molecule has 0 amide bonds. The van der Waals surface area contributed by atoms with E-state index in [9.17, 15) is 17.6 Å². The van der Waals surface area contributed by atoms with Gasteiger partial charge in [0.2, 0.25) is 5.82 Å². The molecule has 1 nitrogen and oxygen atoms in total. The van der Waals surface area contributed by atoms with Gasteiger partial charge in [0.05, 0.1) is 6.61 Å². The van der Waals surface area contributed by atoms with Gasteiger partial charge in [-0.05, 0) is 92.0 Å². The molecular weight excluding hydrogens is 464 g/mol. The first-order chi connectivity index (χ1) is 17.4. The van der Waals surface area contributed by atoms with Crippen molar-refractivity contribution in [3.63, 3.8) is 0 Å². The largest absolute Gasteiger partial charge is 0.491 e. The van der Waals surface area contributed by atoms with Crippen LogP contribution in [0.3, 0.4) is 0 Å². The molecule has 3 aromatic carbocycles. The molecule has 0 bridgehead atoms. The first-order valence-electron chi connectivity index (χ1n) is 13.1. The predicted molar refractivity (Wildman–Crippen MR) is 136 cm³/mol. The Morgan fingerprint density at radius 2 is 1.44 bits per heavy atom. The normalized spacial score (nSPS) is 17.8. The maximum atomic E-state index is 14.9. The molecule has 1 fully saturated rings. The number of rotatable bonds is 9. The zero-order valence-corrected chi connectivity index (χ0v) is 21.1. The van der Waals surface area contributed by atoms with E-state index in [1.54, 1.807) is 25.1 Å². The van der Waals surface area contributed by atoms with Gasteiger partial charge in [-0.1, -0.05) is 55.8 Å². The van der Waals surface area contributed by atoms with E-state index in [1.165, 1.54) is 11.6 Å². The second-order valence-electron chi connectivity index (χ2n) is 9.82. The second kappa shape index (κ2) is 11.9. The highest BCUT2D eigenvalue weighted by atomic mass is 19.2. The van der Waals surface area contributed by atoms with Crippen LogP contribution in [0.4, 0.5) is 17.6 Å². The molecule has 1 aliphatic rings. The molecule has 3 aromatic rings.